The summed E-state index contributed by atoms with van der Waals surface area (Å²) in [5, 5.41) is 10.2. The molecule has 4 aromatic rings. The molecule has 1 N–H and O–H groups in total. The van der Waals surface area contributed by atoms with Gasteiger partial charge in [0.2, 0.25) is 0 Å². The minimum atomic E-state index is -3.33. The summed E-state index contributed by atoms with van der Waals surface area (Å²) < 4.78 is 33.5. The third kappa shape index (κ3) is 2.92. The van der Waals surface area contributed by atoms with Crippen LogP contribution in [0.3, 0.4) is 0 Å². The van der Waals surface area contributed by atoms with Crippen molar-refractivity contribution in [2.24, 2.45) is 0 Å². The van der Waals surface area contributed by atoms with Gasteiger partial charge in [-0.1, -0.05) is 0 Å². The van der Waals surface area contributed by atoms with E-state index in [0.29, 0.717) is 11.5 Å². The third-order valence-electron chi connectivity index (χ3n) is 7.64. The van der Waals surface area contributed by atoms with E-state index in [0.717, 1.165) is 55.8 Å². The monoisotopic (exact) mass is 557 g/mol. The molecular weight excluding hydrogens is 531 g/mol. The van der Waals surface area contributed by atoms with Crippen molar-refractivity contribution in [1.29, 1.82) is 0 Å². The fourth-order valence-corrected chi connectivity index (χ4v) is 15.7. The molecule has 3 aliphatic heterocycles. The zero-order valence-corrected chi connectivity index (χ0v) is 23.0. The Bertz CT molecular complexity index is 1510. The first-order valence-electron chi connectivity index (χ1n) is 12.0. The Morgan fingerprint density at radius 1 is 0.676 bits per heavy atom. The SMILES string of the molecule is COc1ccc(N2c3cc(CO)cc4[c]3[Ge]3([CH3])[c]5c(cc(OC)cc5Oc5cc(OC)cc2[c]53)O4)cc1. The van der Waals surface area contributed by atoms with Gasteiger partial charge in [0.15, 0.2) is 0 Å². The zero-order valence-electron chi connectivity index (χ0n) is 20.9. The summed E-state index contributed by atoms with van der Waals surface area (Å²) >= 11 is -3.33. The van der Waals surface area contributed by atoms with Crippen molar-refractivity contribution in [3.05, 3.63) is 66.2 Å². The number of hydrogen-bond acceptors (Lipinski definition) is 7. The maximum absolute atomic E-state index is 10.2. The summed E-state index contributed by atoms with van der Waals surface area (Å²) in [5.74, 6) is 7.67. The molecule has 1 atom stereocenters. The fraction of sp³-hybridized carbons (Fsp3) is 0.172. The number of ether oxygens (including phenoxy) is 5. The Labute approximate surface area is 217 Å². The van der Waals surface area contributed by atoms with Crippen molar-refractivity contribution in [1.82, 2.24) is 0 Å². The van der Waals surface area contributed by atoms with Gasteiger partial charge in [-0.05, 0) is 0 Å². The molecule has 1 unspecified atom stereocenters. The molecule has 0 saturated heterocycles. The van der Waals surface area contributed by atoms with Crippen LogP contribution in [0.2, 0.25) is 5.76 Å². The molecule has 0 aromatic heterocycles. The summed E-state index contributed by atoms with van der Waals surface area (Å²) in [6.07, 6.45) is 0. The molecular formula is C29H25GeNO6. The quantitative estimate of drug-likeness (QED) is 0.324. The van der Waals surface area contributed by atoms with Crippen molar-refractivity contribution in [2.45, 2.75) is 12.4 Å². The van der Waals surface area contributed by atoms with Gasteiger partial charge in [-0.25, -0.2) is 0 Å². The molecule has 37 heavy (non-hydrogen) atoms. The molecule has 7 nitrogen and oxygen atoms in total. The second-order valence-electron chi connectivity index (χ2n) is 9.53. The molecule has 8 heteroatoms. The normalized spacial score (nSPS) is 17.4. The molecule has 4 aromatic carbocycles. The molecule has 3 aliphatic rings. The van der Waals surface area contributed by atoms with Gasteiger partial charge < -0.3 is 0 Å². The topological polar surface area (TPSA) is 69.6 Å². The molecule has 0 bridgehead atoms. The van der Waals surface area contributed by atoms with E-state index in [1.165, 1.54) is 8.79 Å². The minimum absolute atomic E-state index is 0.0979. The molecule has 0 radical (unpaired) electrons. The molecule has 7 rings (SSSR count). The number of methoxy groups -OCH3 is 3. The van der Waals surface area contributed by atoms with E-state index in [-0.39, 0.29) is 6.61 Å². The Morgan fingerprint density at radius 2 is 1.19 bits per heavy atom. The second-order valence-corrected chi connectivity index (χ2v) is 17.4. The van der Waals surface area contributed by atoms with Crippen molar-refractivity contribution in [2.75, 3.05) is 26.2 Å². The number of nitrogens with zero attached hydrogens (tertiary/aromatic N) is 1. The summed E-state index contributed by atoms with van der Waals surface area (Å²) in [6, 6.07) is 20.0. The molecule has 0 saturated carbocycles. The van der Waals surface area contributed by atoms with Crippen LogP contribution in [0.15, 0.2) is 60.7 Å². The van der Waals surface area contributed by atoms with Crippen molar-refractivity contribution >= 4 is 43.5 Å². The Morgan fingerprint density at radius 3 is 1.76 bits per heavy atom. The predicted molar refractivity (Wildman–Crippen MR) is 144 cm³/mol. The van der Waals surface area contributed by atoms with Crippen LogP contribution in [0.4, 0.5) is 17.1 Å². The average Bonchev–Trinajstić information content (AvgIpc) is 2.92. The van der Waals surface area contributed by atoms with Crippen LogP contribution in [0.5, 0.6) is 40.2 Å². The van der Waals surface area contributed by atoms with E-state index in [1.807, 2.05) is 48.5 Å². The number of hydrogen-bond donors (Lipinski definition) is 1. The van der Waals surface area contributed by atoms with Gasteiger partial charge in [-0.15, -0.1) is 0 Å². The van der Waals surface area contributed by atoms with Crippen LogP contribution >= 0.6 is 0 Å². The molecule has 186 valence electrons. The van der Waals surface area contributed by atoms with Gasteiger partial charge in [0, 0.05) is 0 Å². The van der Waals surface area contributed by atoms with Crippen molar-refractivity contribution in [3.63, 3.8) is 0 Å². The van der Waals surface area contributed by atoms with Gasteiger partial charge >= 0.3 is 217 Å². The zero-order chi connectivity index (χ0) is 25.5. The van der Waals surface area contributed by atoms with Crippen LogP contribution in [0.25, 0.3) is 0 Å². The van der Waals surface area contributed by atoms with Crippen LogP contribution in [-0.4, -0.2) is 39.7 Å². The van der Waals surface area contributed by atoms with Crippen molar-refractivity contribution < 1.29 is 28.8 Å². The molecule has 3 heterocycles. The van der Waals surface area contributed by atoms with E-state index >= 15 is 0 Å². The number of anilines is 3. The number of aliphatic hydroxyl groups is 1. The Balaban J connectivity index is 1.62. The predicted octanol–water partition coefficient (Wildman–Crippen LogP) is 4.30. The molecule has 0 amide bonds. The number of aliphatic hydroxyl groups excluding tert-OH is 1. The van der Waals surface area contributed by atoms with E-state index in [1.54, 1.807) is 21.3 Å². The molecule has 0 fully saturated rings. The number of rotatable bonds is 5. The van der Waals surface area contributed by atoms with Gasteiger partial charge in [0.25, 0.3) is 0 Å². The average molecular weight is 556 g/mol. The first kappa shape index (κ1) is 22.4. The van der Waals surface area contributed by atoms with E-state index in [2.05, 4.69) is 22.8 Å². The summed E-state index contributed by atoms with van der Waals surface area (Å²) in [7, 11) is 4.97. The van der Waals surface area contributed by atoms with Gasteiger partial charge in [0.05, 0.1) is 0 Å². The Kier molecular flexibility index (Phi) is 4.74. The molecule has 0 spiro atoms. The number of benzene rings is 4. The Hall–Kier alpha value is -3.82. The third-order valence-corrected chi connectivity index (χ3v) is 17.1. The van der Waals surface area contributed by atoms with Gasteiger partial charge in [-0.3, -0.25) is 0 Å². The van der Waals surface area contributed by atoms with Crippen LogP contribution < -0.4 is 41.8 Å². The van der Waals surface area contributed by atoms with E-state index in [9.17, 15) is 5.11 Å². The maximum atomic E-state index is 10.2. The fourth-order valence-electron chi connectivity index (χ4n) is 6.05. The summed E-state index contributed by atoms with van der Waals surface area (Å²) in [6.45, 7) is -0.0979. The van der Waals surface area contributed by atoms with Crippen LogP contribution in [0.1, 0.15) is 5.56 Å². The second kappa shape index (κ2) is 7.84. The van der Waals surface area contributed by atoms with Crippen LogP contribution in [0, 0.1) is 0 Å². The molecule has 0 aliphatic carbocycles. The first-order valence-corrected chi connectivity index (χ1v) is 17.3. The van der Waals surface area contributed by atoms with Gasteiger partial charge in [0.1, 0.15) is 0 Å². The van der Waals surface area contributed by atoms with E-state index < -0.39 is 13.3 Å². The van der Waals surface area contributed by atoms with E-state index in [4.69, 9.17) is 23.7 Å². The standard InChI is InChI=1S/C29H25GeNO6/c1-30-27-21-9-16(15-32)10-23(27)36-25-13-20(35-4)14-26(29(25)30)37-24-12-19(34-3)11-22(28(24)30)31(21)17-5-7-18(33-2)8-6-17/h5-14,32H,15H2,1-4H3. The van der Waals surface area contributed by atoms with Crippen LogP contribution in [-0.2, 0) is 6.61 Å². The summed E-state index contributed by atoms with van der Waals surface area (Å²) in [4.78, 5) is 2.22. The summed E-state index contributed by atoms with van der Waals surface area (Å²) in [5.41, 5.74) is 3.77. The van der Waals surface area contributed by atoms with Gasteiger partial charge in [-0.2, -0.15) is 0 Å². The first-order chi connectivity index (χ1) is 18.0. The van der Waals surface area contributed by atoms with Crippen molar-refractivity contribution in [3.8, 4) is 40.2 Å².